The Hall–Kier alpha value is -2.49. The SMILES string of the molecule is CN(CCC=Cc1ccc2c(c1)C(=O)c1cc(C=CCCN(C)C3CCCCC3)ccc1-2)C1CCCCC1. The molecule has 0 aromatic heterocycles. The van der Waals surface area contributed by atoms with Crippen LogP contribution in [0.15, 0.2) is 48.6 Å². The van der Waals surface area contributed by atoms with Crippen LogP contribution >= 0.6 is 0 Å². The van der Waals surface area contributed by atoms with Crippen molar-refractivity contribution in [3.8, 4) is 11.1 Å². The summed E-state index contributed by atoms with van der Waals surface area (Å²) < 4.78 is 0. The number of nitrogens with zero attached hydrogens (tertiary/aromatic N) is 2. The lowest BCUT2D eigenvalue weighted by atomic mass is 9.94. The predicted molar refractivity (Wildman–Crippen MR) is 162 cm³/mol. The summed E-state index contributed by atoms with van der Waals surface area (Å²) in [6, 6.07) is 14.2. The molecule has 38 heavy (non-hydrogen) atoms. The Morgan fingerprint density at radius 1 is 0.632 bits per heavy atom. The summed E-state index contributed by atoms with van der Waals surface area (Å²) >= 11 is 0. The largest absolute Gasteiger partial charge is 0.303 e. The van der Waals surface area contributed by atoms with E-state index < -0.39 is 0 Å². The Morgan fingerprint density at radius 2 is 1.05 bits per heavy atom. The minimum Gasteiger partial charge on any atom is -0.303 e. The maximum absolute atomic E-state index is 13.3. The van der Waals surface area contributed by atoms with Crippen molar-refractivity contribution in [2.45, 2.75) is 89.1 Å². The van der Waals surface area contributed by atoms with Crippen LogP contribution in [0.4, 0.5) is 0 Å². The summed E-state index contributed by atoms with van der Waals surface area (Å²) in [4.78, 5) is 18.4. The number of carbonyl (C=O) groups excluding carboxylic acids is 1. The highest BCUT2D eigenvalue weighted by Gasteiger charge is 2.26. The lowest BCUT2D eigenvalue weighted by molar-refractivity contribution is 0.104. The highest BCUT2D eigenvalue weighted by molar-refractivity contribution is 6.22. The third kappa shape index (κ3) is 6.55. The van der Waals surface area contributed by atoms with Crippen LogP contribution in [0.2, 0.25) is 0 Å². The third-order valence-corrected chi connectivity index (χ3v) is 9.18. The molecule has 0 amide bonds. The van der Waals surface area contributed by atoms with Crippen LogP contribution in [0.5, 0.6) is 0 Å². The molecule has 3 nitrogen and oxygen atoms in total. The fraction of sp³-hybridized carbons (Fsp3) is 0.514. The van der Waals surface area contributed by atoms with Crippen molar-refractivity contribution in [1.82, 2.24) is 9.80 Å². The third-order valence-electron chi connectivity index (χ3n) is 9.18. The second-order valence-electron chi connectivity index (χ2n) is 11.9. The minimum atomic E-state index is 0.162. The van der Waals surface area contributed by atoms with E-state index in [1.165, 1.54) is 64.2 Å². The van der Waals surface area contributed by atoms with Gasteiger partial charge in [-0.05, 0) is 87.0 Å². The van der Waals surface area contributed by atoms with E-state index in [4.69, 9.17) is 0 Å². The van der Waals surface area contributed by atoms with E-state index in [0.717, 1.165) is 71.4 Å². The Bertz CT molecular complexity index is 1060. The topological polar surface area (TPSA) is 23.6 Å². The van der Waals surface area contributed by atoms with E-state index in [1.807, 2.05) is 0 Å². The van der Waals surface area contributed by atoms with Crippen LogP contribution in [0.1, 0.15) is 104 Å². The number of hydrogen-bond donors (Lipinski definition) is 0. The summed E-state index contributed by atoms with van der Waals surface area (Å²) in [5.74, 6) is 0.162. The first-order valence-electron chi connectivity index (χ1n) is 15.2. The molecule has 3 heteroatoms. The Balaban J connectivity index is 1.15. The normalized spacial score (nSPS) is 18.8. The summed E-state index contributed by atoms with van der Waals surface area (Å²) in [7, 11) is 4.54. The van der Waals surface area contributed by atoms with Crippen LogP contribution in [0, 0.1) is 0 Å². The van der Waals surface area contributed by atoms with Crippen LogP contribution in [0.3, 0.4) is 0 Å². The predicted octanol–water partition coefficient (Wildman–Crippen LogP) is 8.23. The van der Waals surface area contributed by atoms with Gasteiger partial charge in [0.05, 0.1) is 0 Å². The number of ketones is 1. The van der Waals surface area contributed by atoms with Gasteiger partial charge in [0.2, 0.25) is 0 Å². The van der Waals surface area contributed by atoms with Crippen LogP contribution in [-0.2, 0) is 0 Å². The monoisotopic (exact) mass is 510 g/mol. The van der Waals surface area contributed by atoms with Gasteiger partial charge in [-0.15, -0.1) is 0 Å². The molecule has 0 spiro atoms. The first kappa shape index (κ1) is 27.1. The molecule has 0 radical (unpaired) electrons. The van der Waals surface area contributed by atoms with Crippen molar-refractivity contribution < 1.29 is 4.79 Å². The number of carbonyl (C=O) groups is 1. The molecule has 0 saturated heterocycles. The first-order valence-corrected chi connectivity index (χ1v) is 15.2. The molecule has 0 N–H and O–H groups in total. The van der Waals surface area contributed by atoms with Gasteiger partial charge in [-0.25, -0.2) is 0 Å². The van der Waals surface area contributed by atoms with E-state index in [-0.39, 0.29) is 5.78 Å². The maximum Gasteiger partial charge on any atom is 0.194 e. The van der Waals surface area contributed by atoms with Crippen LogP contribution in [-0.4, -0.2) is 54.9 Å². The van der Waals surface area contributed by atoms with Gasteiger partial charge in [0.25, 0.3) is 0 Å². The van der Waals surface area contributed by atoms with Crippen molar-refractivity contribution in [3.05, 3.63) is 70.8 Å². The number of rotatable bonds is 10. The number of fused-ring (bicyclic) bond motifs is 3. The Labute approximate surface area is 230 Å². The zero-order chi connectivity index (χ0) is 26.3. The Morgan fingerprint density at radius 3 is 1.47 bits per heavy atom. The van der Waals surface area contributed by atoms with E-state index in [0.29, 0.717) is 0 Å². The highest BCUT2D eigenvalue weighted by Crippen LogP contribution is 2.38. The molecule has 0 atom stereocenters. The van der Waals surface area contributed by atoms with Crippen molar-refractivity contribution in [1.29, 1.82) is 0 Å². The van der Waals surface area contributed by atoms with Gasteiger partial charge in [-0.3, -0.25) is 4.79 Å². The molecule has 0 heterocycles. The zero-order valence-corrected chi connectivity index (χ0v) is 23.6. The summed E-state index contributed by atoms with van der Waals surface area (Å²) in [5, 5.41) is 0. The molecule has 2 saturated carbocycles. The maximum atomic E-state index is 13.3. The highest BCUT2D eigenvalue weighted by atomic mass is 16.1. The average molecular weight is 511 g/mol. The van der Waals surface area contributed by atoms with Gasteiger partial charge >= 0.3 is 0 Å². The van der Waals surface area contributed by atoms with Gasteiger partial charge in [0.15, 0.2) is 5.78 Å². The van der Waals surface area contributed by atoms with Crippen molar-refractivity contribution >= 4 is 17.9 Å². The van der Waals surface area contributed by atoms with Gasteiger partial charge < -0.3 is 9.80 Å². The Kier molecular flexibility index (Phi) is 9.30. The lowest BCUT2D eigenvalue weighted by Gasteiger charge is -2.30. The average Bonchev–Trinajstić information content (AvgIpc) is 3.24. The number of hydrogen-bond acceptors (Lipinski definition) is 3. The molecular weight excluding hydrogens is 464 g/mol. The fourth-order valence-corrected chi connectivity index (χ4v) is 6.73. The molecule has 2 aromatic rings. The van der Waals surface area contributed by atoms with E-state index in [1.54, 1.807) is 0 Å². The van der Waals surface area contributed by atoms with Crippen molar-refractivity contribution in [3.63, 3.8) is 0 Å². The van der Waals surface area contributed by atoms with E-state index >= 15 is 0 Å². The smallest absolute Gasteiger partial charge is 0.194 e. The summed E-state index contributed by atoms with van der Waals surface area (Å²) in [6.07, 6.45) is 24.7. The quantitative estimate of drug-likeness (QED) is 0.274. The molecule has 2 aromatic carbocycles. The van der Waals surface area contributed by atoms with Crippen LogP contribution in [0.25, 0.3) is 23.3 Å². The van der Waals surface area contributed by atoms with Gasteiger partial charge in [0, 0.05) is 36.3 Å². The van der Waals surface area contributed by atoms with Gasteiger partial charge in [-0.2, -0.15) is 0 Å². The molecule has 3 aliphatic carbocycles. The minimum absolute atomic E-state index is 0.162. The van der Waals surface area contributed by atoms with Crippen molar-refractivity contribution in [2.24, 2.45) is 0 Å². The van der Waals surface area contributed by atoms with Gasteiger partial charge in [-0.1, -0.05) is 87.1 Å². The molecule has 3 aliphatic rings. The fourth-order valence-electron chi connectivity index (χ4n) is 6.73. The standard InChI is InChI=1S/C35H46N2O/c1-36(29-15-5-3-6-16-29)23-11-9-13-27-19-21-31-32-22-20-28(26-34(32)35(38)33(31)25-27)14-10-12-24-37(2)30-17-7-4-8-18-30/h9-10,13-14,19-22,25-26,29-30H,3-8,11-12,15-18,23-24H2,1-2H3. The molecule has 202 valence electrons. The second-order valence-corrected chi connectivity index (χ2v) is 11.9. The molecular formula is C35H46N2O. The van der Waals surface area contributed by atoms with E-state index in [2.05, 4.69) is 84.6 Å². The summed E-state index contributed by atoms with van der Waals surface area (Å²) in [6.45, 7) is 2.20. The zero-order valence-electron chi connectivity index (χ0n) is 23.6. The first-order chi connectivity index (χ1) is 18.6. The molecule has 0 aliphatic heterocycles. The lowest BCUT2D eigenvalue weighted by Crippen LogP contribution is -2.33. The molecule has 2 fully saturated rings. The molecule has 0 unspecified atom stereocenters. The molecule has 0 bridgehead atoms. The van der Waals surface area contributed by atoms with E-state index in [9.17, 15) is 4.79 Å². The molecule has 5 rings (SSSR count). The number of benzene rings is 2. The van der Waals surface area contributed by atoms with Crippen LogP contribution < -0.4 is 0 Å². The summed E-state index contributed by atoms with van der Waals surface area (Å²) in [5.41, 5.74) is 6.07. The van der Waals surface area contributed by atoms with Gasteiger partial charge in [0.1, 0.15) is 0 Å². The van der Waals surface area contributed by atoms with Crippen molar-refractivity contribution in [2.75, 3.05) is 27.2 Å². The second kappa shape index (κ2) is 13.0.